The number of aliphatic imine (C=N–C) groups is 1. The van der Waals surface area contributed by atoms with Crippen molar-refractivity contribution < 1.29 is 13.2 Å². The van der Waals surface area contributed by atoms with Crippen LogP contribution in [-0.2, 0) is 21.4 Å². The molecular weight excluding hydrogens is 342 g/mol. The number of rotatable bonds is 5. The molecule has 25 heavy (non-hydrogen) atoms. The topological polar surface area (TPSA) is 117 Å². The summed E-state index contributed by atoms with van der Waals surface area (Å²) in [5.74, 6) is 0.767. The van der Waals surface area contributed by atoms with Crippen LogP contribution in [0.2, 0.25) is 0 Å². The molecule has 0 aliphatic carbocycles. The number of likely N-dealkylation sites (tertiary alicyclic amines) is 1. The monoisotopic (exact) mass is 367 g/mol. The normalized spacial score (nSPS) is 18.3. The molecule has 1 saturated heterocycles. The van der Waals surface area contributed by atoms with Crippen molar-refractivity contribution >= 4 is 21.9 Å². The maximum atomic E-state index is 11.7. The van der Waals surface area contributed by atoms with Crippen molar-refractivity contribution in [2.45, 2.75) is 37.2 Å². The van der Waals surface area contributed by atoms with Crippen LogP contribution in [-0.4, -0.2) is 51.4 Å². The molecule has 4 N–H and O–H groups in total. The molecule has 1 amide bonds. The molecule has 0 saturated carbocycles. The van der Waals surface area contributed by atoms with Crippen LogP contribution in [0.25, 0.3) is 0 Å². The van der Waals surface area contributed by atoms with E-state index in [4.69, 9.17) is 5.14 Å². The Morgan fingerprint density at radius 1 is 1.44 bits per heavy atom. The number of sulfonamides is 1. The van der Waals surface area contributed by atoms with Crippen molar-refractivity contribution in [1.29, 1.82) is 0 Å². The van der Waals surface area contributed by atoms with Gasteiger partial charge in [-0.15, -0.1) is 0 Å². The van der Waals surface area contributed by atoms with E-state index in [1.165, 1.54) is 12.1 Å². The lowest BCUT2D eigenvalue weighted by Gasteiger charge is -2.18. The highest BCUT2D eigenvalue weighted by atomic mass is 32.2. The van der Waals surface area contributed by atoms with E-state index < -0.39 is 10.0 Å². The molecule has 1 unspecified atom stereocenters. The Labute approximate surface area is 148 Å². The molecule has 0 radical (unpaired) electrons. The summed E-state index contributed by atoms with van der Waals surface area (Å²) in [7, 11) is -2.05. The van der Waals surface area contributed by atoms with Gasteiger partial charge in [0, 0.05) is 39.1 Å². The maximum absolute atomic E-state index is 11.7. The third kappa shape index (κ3) is 5.43. The molecule has 1 aliphatic rings. The van der Waals surface area contributed by atoms with E-state index in [-0.39, 0.29) is 16.8 Å². The highest BCUT2D eigenvalue weighted by Crippen LogP contribution is 2.11. The van der Waals surface area contributed by atoms with Gasteiger partial charge in [-0.05, 0) is 24.1 Å². The van der Waals surface area contributed by atoms with Gasteiger partial charge in [0.2, 0.25) is 15.9 Å². The smallest absolute Gasteiger partial charge is 0.238 e. The molecule has 1 aromatic rings. The summed E-state index contributed by atoms with van der Waals surface area (Å²) in [6.45, 7) is 3.68. The maximum Gasteiger partial charge on any atom is 0.238 e. The van der Waals surface area contributed by atoms with Gasteiger partial charge in [-0.25, -0.2) is 13.6 Å². The van der Waals surface area contributed by atoms with Gasteiger partial charge in [0.25, 0.3) is 0 Å². The predicted octanol–water partition coefficient (Wildman–Crippen LogP) is 0.00990. The Hall–Kier alpha value is -2.13. The predicted molar refractivity (Wildman–Crippen MR) is 96.4 cm³/mol. The molecule has 1 atom stereocenters. The van der Waals surface area contributed by atoms with Crippen molar-refractivity contribution in [3.63, 3.8) is 0 Å². The zero-order valence-electron chi connectivity index (χ0n) is 14.5. The van der Waals surface area contributed by atoms with Crippen LogP contribution in [0, 0.1) is 0 Å². The Morgan fingerprint density at radius 2 is 2.20 bits per heavy atom. The third-order valence-electron chi connectivity index (χ3n) is 4.09. The van der Waals surface area contributed by atoms with Crippen molar-refractivity contribution in [3.8, 4) is 0 Å². The number of nitrogens with two attached hydrogens (primary N) is 1. The van der Waals surface area contributed by atoms with E-state index in [1.807, 2.05) is 17.9 Å². The summed E-state index contributed by atoms with van der Waals surface area (Å²) in [6, 6.07) is 6.61. The standard InChI is InChI=1S/C16H25N5O3S/c1-3-15(22)21-8-7-13(11-21)20-16(18-2)19-10-12-5-4-6-14(9-12)25(17,23)24/h4-6,9,13H,3,7-8,10-11H2,1-2H3,(H2,17,23,24)(H2,18,19,20). The van der Waals surface area contributed by atoms with Crippen LogP contribution < -0.4 is 15.8 Å². The second-order valence-corrected chi connectivity index (χ2v) is 7.50. The highest BCUT2D eigenvalue weighted by Gasteiger charge is 2.25. The summed E-state index contributed by atoms with van der Waals surface area (Å²) >= 11 is 0. The van der Waals surface area contributed by atoms with Gasteiger partial charge in [-0.1, -0.05) is 19.1 Å². The Bertz CT molecular complexity index is 748. The van der Waals surface area contributed by atoms with Crippen LogP contribution in [0.15, 0.2) is 34.2 Å². The summed E-state index contributed by atoms with van der Waals surface area (Å²) < 4.78 is 22.8. The van der Waals surface area contributed by atoms with Crippen LogP contribution in [0.1, 0.15) is 25.3 Å². The fourth-order valence-electron chi connectivity index (χ4n) is 2.73. The summed E-state index contributed by atoms with van der Waals surface area (Å²) in [5, 5.41) is 11.6. The molecule has 1 aliphatic heterocycles. The molecule has 1 heterocycles. The fraction of sp³-hybridized carbons (Fsp3) is 0.500. The van der Waals surface area contributed by atoms with Gasteiger partial charge < -0.3 is 15.5 Å². The van der Waals surface area contributed by atoms with Crippen molar-refractivity contribution in [2.75, 3.05) is 20.1 Å². The second kappa shape index (κ2) is 8.30. The van der Waals surface area contributed by atoms with E-state index in [0.717, 1.165) is 18.5 Å². The van der Waals surface area contributed by atoms with Crippen LogP contribution in [0.3, 0.4) is 0 Å². The first-order chi connectivity index (χ1) is 11.8. The van der Waals surface area contributed by atoms with Crippen molar-refractivity contribution in [2.24, 2.45) is 10.1 Å². The molecule has 138 valence electrons. The number of benzene rings is 1. The van der Waals surface area contributed by atoms with Crippen LogP contribution in [0.5, 0.6) is 0 Å². The van der Waals surface area contributed by atoms with E-state index in [2.05, 4.69) is 15.6 Å². The van der Waals surface area contributed by atoms with Crippen molar-refractivity contribution in [3.05, 3.63) is 29.8 Å². The lowest BCUT2D eigenvalue weighted by Crippen LogP contribution is -2.44. The minimum atomic E-state index is -3.72. The largest absolute Gasteiger partial charge is 0.352 e. The van der Waals surface area contributed by atoms with Crippen LogP contribution in [0.4, 0.5) is 0 Å². The van der Waals surface area contributed by atoms with Gasteiger partial charge in [-0.3, -0.25) is 9.79 Å². The Kier molecular flexibility index (Phi) is 6.38. The lowest BCUT2D eigenvalue weighted by atomic mass is 10.2. The third-order valence-corrected chi connectivity index (χ3v) is 5.01. The van der Waals surface area contributed by atoms with Gasteiger partial charge in [0.05, 0.1) is 4.90 Å². The average Bonchev–Trinajstić information content (AvgIpc) is 3.06. The summed E-state index contributed by atoms with van der Waals surface area (Å²) in [5.41, 5.74) is 0.781. The number of hydrogen-bond acceptors (Lipinski definition) is 4. The molecule has 2 rings (SSSR count). The molecule has 9 heteroatoms. The minimum Gasteiger partial charge on any atom is -0.352 e. The van der Waals surface area contributed by atoms with Crippen LogP contribution >= 0.6 is 0 Å². The zero-order chi connectivity index (χ0) is 18.4. The van der Waals surface area contributed by atoms with Gasteiger partial charge in [-0.2, -0.15) is 0 Å². The van der Waals surface area contributed by atoms with E-state index >= 15 is 0 Å². The first-order valence-corrected chi connectivity index (χ1v) is 9.74. The average molecular weight is 367 g/mol. The SMILES string of the molecule is CCC(=O)N1CCC(NC(=NC)NCc2cccc(S(N)(=O)=O)c2)C1. The number of guanidine groups is 1. The molecule has 8 nitrogen and oxygen atoms in total. The number of carbonyl (C=O) groups is 1. The fourth-order valence-corrected chi connectivity index (χ4v) is 3.32. The molecule has 0 bridgehead atoms. The first kappa shape index (κ1) is 19.2. The molecule has 1 fully saturated rings. The number of amides is 1. The molecule has 0 spiro atoms. The molecular formula is C16H25N5O3S. The van der Waals surface area contributed by atoms with E-state index in [9.17, 15) is 13.2 Å². The number of nitrogens with one attached hydrogen (secondary N) is 2. The number of hydrogen-bond donors (Lipinski definition) is 3. The Morgan fingerprint density at radius 3 is 2.84 bits per heavy atom. The first-order valence-electron chi connectivity index (χ1n) is 8.20. The minimum absolute atomic E-state index is 0.0826. The van der Waals surface area contributed by atoms with E-state index in [0.29, 0.717) is 25.5 Å². The van der Waals surface area contributed by atoms with E-state index in [1.54, 1.807) is 13.1 Å². The lowest BCUT2D eigenvalue weighted by molar-refractivity contribution is -0.129. The Balaban J connectivity index is 1.90. The second-order valence-electron chi connectivity index (χ2n) is 5.94. The van der Waals surface area contributed by atoms with Gasteiger partial charge >= 0.3 is 0 Å². The molecule has 0 aromatic heterocycles. The number of primary sulfonamides is 1. The quantitative estimate of drug-likeness (QED) is 0.501. The molecule has 1 aromatic carbocycles. The highest BCUT2D eigenvalue weighted by molar-refractivity contribution is 7.89. The number of carbonyl (C=O) groups excluding carboxylic acids is 1. The zero-order valence-corrected chi connectivity index (χ0v) is 15.3. The summed E-state index contributed by atoms with van der Waals surface area (Å²) in [4.78, 5) is 17.8. The number of nitrogens with zero attached hydrogens (tertiary/aromatic N) is 2. The van der Waals surface area contributed by atoms with Gasteiger partial charge in [0.15, 0.2) is 5.96 Å². The summed E-state index contributed by atoms with van der Waals surface area (Å²) in [6.07, 6.45) is 1.38. The van der Waals surface area contributed by atoms with Gasteiger partial charge in [0.1, 0.15) is 0 Å². The van der Waals surface area contributed by atoms with Crippen molar-refractivity contribution in [1.82, 2.24) is 15.5 Å².